The molecular weight excluding hydrogens is 410 g/mol. The Hall–Kier alpha value is -2.32. The molecule has 2 amide bonds. The van der Waals surface area contributed by atoms with Gasteiger partial charge >= 0.3 is 6.61 Å². The first-order valence-corrected chi connectivity index (χ1v) is 9.69. The molecule has 0 aliphatic heterocycles. The summed E-state index contributed by atoms with van der Waals surface area (Å²) in [5.41, 5.74) is 0.711. The third-order valence-corrected chi connectivity index (χ3v) is 4.71. The van der Waals surface area contributed by atoms with Crippen LogP contribution in [-0.4, -0.2) is 30.2 Å². The number of nitrogens with one attached hydrogen (secondary N) is 2. The number of carbonyl (C=O) groups is 2. The molecule has 0 radical (unpaired) electrons. The van der Waals surface area contributed by atoms with Gasteiger partial charge in [-0.05, 0) is 44.2 Å². The van der Waals surface area contributed by atoms with Crippen molar-refractivity contribution in [2.75, 3.05) is 11.1 Å². The van der Waals surface area contributed by atoms with Crippen molar-refractivity contribution < 1.29 is 23.1 Å². The van der Waals surface area contributed by atoms with E-state index >= 15 is 0 Å². The molecule has 0 aliphatic carbocycles. The van der Waals surface area contributed by atoms with Crippen molar-refractivity contribution in [3.05, 3.63) is 53.1 Å². The summed E-state index contributed by atoms with van der Waals surface area (Å²) in [6, 6.07) is 10.9. The Morgan fingerprint density at radius 1 is 1.18 bits per heavy atom. The van der Waals surface area contributed by atoms with Gasteiger partial charge in [0.05, 0.1) is 16.3 Å². The summed E-state index contributed by atoms with van der Waals surface area (Å²) in [4.78, 5) is 25.1. The largest absolute Gasteiger partial charge is 0.433 e. The van der Waals surface area contributed by atoms with E-state index in [0.717, 1.165) is 0 Å². The summed E-state index contributed by atoms with van der Waals surface area (Å²) in [6.07, 6.45) is 0. The molecule has 0 unspecified atom stereocenters. The van der Waals surface area contributed by atoms with Crippen molar-refractivity contribution >= 4 is 40.9 Å². The number of ether oxygens (including phenoxy) is 1. The molecule has 0 bridgehead atoms. The topological polar surface area (TPSA) is 67.4 Å². The molecule has 28 heavy (non-hydrogen) atoms. The van der Waals surface area contributed by atoms with Crippen LogP contribution < -0.4 is 15.4 Å². The van der Waals surface area contributed by atoms with Crippen molar-refractivity contribution in [3.63, 3.8) is 0 Å². The zero-order chi connectivity index (χ0) is 20.7. The number of anilines is 1. The first-order valence-electron chi connectivity index (χ1n) is 8.33. The van der Waals surface area contributed by atoms with Gasteiger partial charge in [-0.2, -0.15) is 8.78 Å². The predicted molar refractivity (Wildman–Crippen MR) is 106 cm³/mol. The maximum Gasteiger partial charge on any atom is 0.387 e. The molecule has 0 heterocycles. The second kappa shape index (κ2) is 10.3. The fourth-order valence-electron chi connectivity index (χ4n) is 2.26. The molecule has 150 valence electrons. The molecule has 5 nitrogen and oxygen atoms in total. The molecule has 2 N–H and O–H groups in total. The van der Waals surface area contributed by atoms with Crippen molar-refractivity contribution in [2.24, 2.45) is 0 Å². The highest BCUT2D eigenvalue weighted by Gasteiger charge is 2.15. The van der Waals surface area contributed by atoms with Crippen LogP contribution in [0.3, 0.4) is 0 Å². The van der Waals surface area contributed by atoms with Crippen LogP contribution in [0.25, 0.3) is 0 Å². The summed E-state index contributed by atoms with van der Waals surface area (Å²) in [7, 11) is 0. The number of hydrogen-bond donors (Lipinski definition) is 2. The smallest absolute Gasteiger partial charge is 0.387 e. The number of carbonyl (C=O) groups excluding carboxylic acids is 2. The Morgan fingerprint density at radius 2 is 1.89 bits per heavy atom. The fraction of sp³-hybridized carbons (Fsp3) is 0.263. The maximum atomic E-state index is 12.6. The Morgan fingerprint density at radius 3 is 2.54 bits per heavy atom. The van der Waals surface area contributed by atoms with Crippen molar-refractivity contribution in [1.29, 1.82) is 0 Å². The molecule has 0 atom stereocenters. The normalized spacial score (nSPS) is 10.8. The van der Waals surface area contributed by atoms with Crippen LogP contribution >= 0.6 is 23.4 Å². The highest BCUT2D eigenvalue weighted by atomic mass is 35.5. The monoisotopic (exact) mass is 428 g/mol. The molecule has 0 saturated heterocycles. The van der Waals surface area contributed by atoms with E-state index < -0.39 is 12.5 Å². The van der Waals surface area contributed by atoms with Gasteiger partial charge in [-0.3, -0.25) is 9.59 Å². The lowest BCUT2D eigenvalue weighted by Gasteiger charge is -2.12. The number of halogens is 3. The van der Waals surface area contributed by atoms with Crippen molar-refractivity contribution in [1.82, 2.24) is 5.32 Å². The zero-order valence-electron chi connectivity index (χ0n) is 15.2. The first kappa shape index (κ1) is 22.0. The minimum absolute atomic E-state index is 0.0356. The van der Waals surface area contributed by atoms with Gasteiger partial charge in [0.1, 0.15) is 5.75 Å². The van der Waals surface area contributed by atoms with Gasteiger partial charge in [0.25, 0.3) is 5.91 Å². The average molecular weight is 429 g/mol. The summed E-state index contributed by atoms with van der Waals surface area (Å²) >= 11 is 7.15. The van der Waals surface area contributed by atoms with Crippen molar-refractivity contribution in [3.8, 4) is 5.75 Å². The fourth-order valence-corrected chi connectivity index (χ4v) is 3.34. The SMILES string of the molecule is CC(C)NC(=O)CSc1ccccc1C(=O)Nc1ccc(OC(F)F)c(Cl)c1. The molecule has 0 aliphatic rings. The standard InChI is InChI=1S/C19H19ClF2N2O3S/c1-11(2)23-17(25)10-28-16-6-4-3-5-13(16)18(26)24-12-7-8-15(14(20)9-12)27-19(21)22/h3-9,11,19H,10H2,1-2H3,(H,23,25)(H,24,26). The van der Waals surface area contributed by atoms with Gasteiger partial charge in [0.15, 0.2) is 0 Å². The number of thioether (sulfide) groups is 1. The number of hydrogen-bond acceptors (Lipinski definition) is 4. The minimum atomic E-state index is -2.99. The summed E-state index contributed by atoms with van der Waals surface area (Å²) in [6.45, 7) is 0.745. The van der Waals surface area contributed by atoms with E-state index in [9.17, 15) is 18.4 Å². The summed E-state index contributed by atoms with van der Waals surface area (Å²) in [5, 5.41) is 5.40. The van der Waals surface area contributed by atoms with Crippen LogP contribution in [0, 0.1) is 0 Å². The van der Waals surface area contributed by atoms with E-state index in [-0.39, 0.29) is 28.5 Å². The van der Waals surface area contributed by atoms with Gasteiger partial charge in [-0.25, -0.2) is 0 Å². The van der Waals surface area contributed by atoms with Crippen LogP contribution in [0.15, 0.2) is 47.4 Å². The number of alkyl halides is 2. The van der Waals surface area contributed by atoms with Gasteiger partial charge < -0.3 is 15.4 Å². The third-order valence-electron chi connectivity index (χ3n) is 3.35. The Bertz CT molecular complexity index is 850. The Labute approximate surface area is 170 Å². The second-order valence-corrected chi connectivity index (χ2v) is 7.41. The highest BCUT2D eigenvalue weighted by molar-refractivity contribution is 8.00. The maximum absolute atomic E-state index is 12.6. The molecule has 0 spiro atoms. The van der Waals surface area contributed by atoms with E-state index in [0.29, 0.717) is 16.1 Å². The predicted octanol–water partition coefficient (Wildman–Crippen LogP) is 4.81. The third kappa shape index (κ3) is 6.69. The highest BCUT2D eigenvalue weighted by Crippen LogP contribution is 2.30. The second-order valence-electron chi connectivity index (χ2n) is 5.98. The molecule has 2 rings (SSSR count). The zero-order valence-corrected chi connectivity index (χ0v) is 16.7. The molecule has 0 aromatic heterocycles. The summed E-state index contributed by atoms with van der Waals surface area (Å²) < 4.78 is 28.9. The van der Waals surface area contributed by atoms with E-state index in [1.54, 1.807) is 24.3 Å². The average Bonchev–Trinajstić information content (AvgIpc) is 2.61. The van der Waals surface area contributed by atoms with Crippen LogP contribution in [0.2, 0.25) is 5.02 Å². The Kier molecular flexibility index (Phi) is 8.07. The minimum Gasteiger partial charge on any atom is -0.433 e. The molecule has 2 aromatic rings. The van der Waals surface area contributed by atoms with E-state index in [4.69, 9.17) is 11.6 Å². The molecule has 0 saturated carbocycles. The van der Waals surface area contributed by atoms with Gasteiger partial charge in [0, 0.05) is 16.6 Å². The van der Waals surface area contributed by atoms with Crippen LogP contribution in [-0.2, 0) is 4.79 Å². The van der Waals surface area contributed by atoms with E-state index in [1.165, 1.54) is 30.0 Å². The van der Waals surface area contributed by atoms with Crippen molar-refractivity contribution in [2.45, 2.75) is 31.4 Å². The Balaban J connectivity index is 2.08. The van der Waals surface area contributed by atoms with Gasteiger partial charge in [-0.1, -0.05) is 23.7 Å². The molecule has 2 aromatic carbocycles. The number of benzene rings is 2. The summed E-state index contributed by atoms with van der Waals surface area (Å²) in [5.74, 6) is -0.544. The lowest BCUT2D eigenvalue weighted by atomic mass is 10.2. The molecule has 9 heteroatoms. The molecular formula is C19H19ClF2N2O3S. The van der Waals surface area contributed by atoms with Gasteiger partial charge in [-0.15, -0.1) is 11.8 Å². The van der Waals surface area contributed by atoms with Crippen LogP contribution in [0.1, 0.15) is 24.2 Å². The van der Waals surface area contributed by atoms with Gasteiger partial charge in [0.2, 0.25) is 5.91 Å². The molecule has 0 fully saturated rings. The quantitative estimate of drug-likeness (QED) is 0.592. The lowest BCUT2D eigenvalue weighted by Crippen LogP contribution is -2.31. The van der Waals surface area contributed by atoms with Crippen LogP contribution in [0.5, 0.6) is 5.75 Å². The number of rotatable bonds is 8. The first-order chi connectivity index (χ1) is 13.3. The van der Waals surface area contributed by atoms with Crippen LogP contribution in [0.4, 0.5) is 14.5 Å². The lowest BCUT2D eigenvalue weighted by molar-refractivity contribution is -0.119. The van der Waals surface area contributed by atoms with E-state index in [1.807, 2.05) is 13.8 Å². The number of amides is 2. The van der Waals surface area contributed by atoms with E-state index in [2.05, 4.69) is 15.4 Å².